The predicted molar refractivity (Wildman–Crippen MR) is 112 cm³/mol. The first-order chi connectivity index (χ1) is 13.1. The van der Waals surface area contributed by atoms with Crippen molar-refractivity contribution in [3.63, 3.8) is 0 Å². The van der Waals surface area contributed by atoms with Crippen molar-refractivity contribution in [3.05, 3.63) is 75.7 Å². The summed E-state index contributed by atoms with van der Waals surface area (Å²) in [5, 5.41) is 15.8. The van der Waals surface area contributed by atoms with Gasteiger partial charge in [-0.25, -0.2) is 13.6 Å². The first-order valence-corrected chi connectivity index (χ1v) is 10.2. The number of benzene rings is 3. The molecule has 0 atom stereocenters. The van der Waals surface area contributed by atoms with Crippen molar-refractivity contribution in [3.8, 4) is 17.2 Å². The second-order valence-electron chi connectivity index (χ2n) is 5.40. The van der Waals surface area contributed by atoms with Gasteiger partial charge in [-0.1, -0.05) is 34.8 Å². The Kier molecular flexibility index (Phi) is 7.40. The van der Waals surface area contributed by atoms with Crippen molar-refractivity contribution in [1.29, 1.82) is 0 Å². The molecule has 6 nitrogen and oxygen atoms in total. The topological polar surface area (TPSA) is 116 Å². The molecule has 0 spiro atoms. The van der Waals surface area contributed by atoms with E-state index < -0.39 is 10.0 Å². The van der Waals surface area contributed by atoms with Crippen LogP contribution in [0.25, 0.3) is 0 Å². The Morgan fingerprint density at radius 2 is 1.36 bits per heavy atom. The second-order valence-corrected chi connectivity index (χ2v) is 8.24. The number of rotatable bonds is 3. The van der Waals surface area contributed by atoms with Crippen LogP contribution >= 0.6 is 34.8 Å². The van der Waals surface area contributed by atoms with E-state index in [1.54, 1.807) is 30.3 Å². The maximum atomic E-state index is 10.7. The standard InChI is InChI=1S/C12H7Cl3O2.C6H8N2O2S/c13-7-1-3-11(9(15)5-7)17-12-4-2-8(14)6-10(12)16;7-5-1-3-6(4-2-5)11(8,9)10/h1-6,16H;1-4H,7H2,(H2,8,9,10). The number of hydrogen-bond acceptors (Lipinski definition) is 5. The minimum atomic E-state index is -3.58. The number of ether oxygens (including phenoxy) is 1. The van der Waals surface area contributed by atoms with Crippen molar-refractivity contribution >= 4 is 50.5 Å². The normalized spacial score (nSPS) is 10.7. The van der Waals surface area contributed by atoms with E-state index in [0.717, 1.165) is 0 Å². The number of halogens is 3. The minimum absolute atomic E-state index is 0.0523. The van der Waals surface area contributed by atoms with Gasteiger partial charge >= 0.3 is 0 Å². The first kappa shape index (κ1) is 22.1. The number of nitrogens with two attached hydrogens (primary N) is 2. The highest BCUT2D eigenvalue weighted by Crippen LogP contribution is 2.36. The van der Waals surface area contributed by atoms with E-state index in [2.05, 4.69) is 0 Å². The number of anilines is 1. The Bertz CT molecular complexity index is 1030. The molecule has 0 aliphatic heterocycles. The van der Waals surface area contributed by atoms with Gasteiger partial charge in [0.1, 0.15) is 5.75 Å². The van der Waals surface area contributed by atoms with E-state index in [4.69, 9.17) is 50.4 Å². The fraction of sp³-hybridized carbons (Fsp3) is 0. The summed E-state index contributed by atoms with van der Waals surface area (Å²) >= 11 is 17.4. The summed E-state index contributed by atoms with van der Waals surface area (Å²) in [6.45, 7) is 0. The highest BCUT2D eigenvalue weighted by Gasteiger charge is 2.08. The van der Waals surface area contributed by atoms with Gasteiger partial charge in [0.05, 0.1) is 9.92 Å². The first-order valence-electron chi connectivity index (χ1n) is 7.56. The number of hydrogen-bond donors (Lipinski definition) is 3. The van der Waals surface area contributed by atoms with E-state index in [9.17, 15) is 13.5 Å². The van der Waals surface area contributed by atoms with Gasteiger partial charge in [-0.15, -0.1) is 0 Å². The molecular weight excluding hydrogens is 447 g/mol. The molecule has 0 fully saturated rings. The van der Waals surface area contributed by atoms with E-state index in [0.29, 0.717) is 26.5 Å². The number of nitrogen functional groups attached to an aromatic ring is 1. The molecular formula is C18H15Cl3N2O4S. The van der Waals surface area contributed by atoms with Crippen LogP contribution in [0, 0.1) is 0 Å². The zero-order valence-corrected chi connectivity index (χ0v) is 17.2. The number of aromatic hydroxyl groups is 1. The van der Waals surface area contributed by atoms with Crippen LogP contribution in [-0.2, 0) is 10.0 Å². The lowest BCUT2D eigenvalue weighted by Gasteiger charge is -2.09. The van der Waals surface area contributed by atoms with Crippen LogP contribution in [0.1, 0.15) is 0 Å². The van der Waals surface area contributed by atoms with Gasteiger partial charge in [0, 0.05) is 21.8 Å². The molecule has 0 saturated carbocycles. The Labute approximate surface area is 177 Å². The van der Waals surface area contributed by atoms with Gasteiger partial charge in [-0.2, -0.15) is 0 Å². The average molecular weight is 462 g/mol. The lowest BCUT2D eigenvalue weighted by atomic mass is 10.3. The van der Waals surface area contributed by atoms with Crippen molar-refractivity contribution in [1.82, 2.24) is 0 Å². The lowest BCUT2D eigenvalue weighted by molar-refractivity contribution is 0.411. The van der Waals surface area contributed by atoms with Gasteiger partial charge < -0.3 is 15.6 Å². The van der Waals surface area contributed by atoms with E-state index in [1.807, 2.05) is 0 Å². The number of phenols is 1. The summed E-state index contributed by atoms with van der Waals surface area (Å²) in [6.07, 6.45) is 0. The van der Waals surface area contributed by atoms with E-state index >= 15 is 0 Å². The molecule has 3 aromatic carbocycles. The third-order valence-corrected chi connectivity index (χ3v) is 4.94. The Morgan fingerprint density at radius 1 is 0.821 bits per heavy atom. The smallest absolute Gasteiger partial charge is 0.238 e. The van der Waals surface area contributed by atoms with Gasteiger partial charge in [-0.3, -0.25) is 0 Å². The minimum Gasteiger partial charge on any atom is -0.504 e. The maximum absolute atomic E-state index is 10.7. The van der Waals surface area contributed by atoms with Gasteiger partial charge in [-0.05, 0) is 54.6 Å². The summed E-state index contributed by atoms with van der Waals surface area (Å²) in [7, 11) is -3.58. The molecule has 0 aromatic heterocycles. The van der Waals surface area contributed by atoms with Crippen LogP contribution in [0.4, 0.5) is 5.69 Å². The molecule has 5 N–H and O–H groups in total. The van der Waals surface area contributed by atoms with Crippen LogP contribution in [0.2, 0.25) is 15.1 Å². The Hall–Kier alpha value is -2.16. The quantitative estimate of drug-likeness (QED) is 0.471. The fourth-order valence-corrected chi connectivity index (χ4v) is 3.04. The molecule has 3 aromatic rings. The van der Waals surface area contributed by atoms with Crippen LogP contribution in [0.3, 0.4) is 0 Å². The molecule has 0 bridgehead atoms. The van der Waals surface area contributed by atoms with E-state index in [-0.39, 0.29) is 16.4 Å². The Balaban J connectivity index is 0.000000221. The van der Waals surface area contributed by atoms with Gasteiger partial charge in [0.25, 0.3) is 0 Å². The van der Waals surface area contributed by atoms with Crippen LogP contribution < -0.4 is 15.6 Å². The van der Waals surface area contributed by atoms with Gasteiger partial charge in [0.2, 0.25) is 10.0 Å². The zero-order valence-electron chi connectivity index (χ0n) is 14.1. The molecule has 148 valence electrons. The SMILES string of the molecule is Nc1ccc(S(N)(=O)=O)cc1.Oc1cc(Cl)ccc1Oc1ccc(Cl)cc1Cl. The third kappa shape index (κ3) is 6.47. The van der Waals surface area contributed by atoms with Crippen LogP contribution in [-0.4, -0.2) is 13.5 Å². The third-order valence-electron chi connectivity index (χ3n) is 3.24. The van der Waals surface area contributed by atoms with E-state index in [1.165, 1.54) is 30.3 Å². The molecule has 0 aliphatic rings. The summed E-state index contributed by atoms with van der Waals surface area (Å²) in [5.41, 5.74) is 5.85. The molecule has 0 saturated heterocycles. The van der Waals surface area contributed by atoms with Crippen LogP contribution in [0.5, 0.6) is 17.2 Å². The number of primary sulfonamides is 1. The largest absolute Gasteiger partial charge is 0.504 e. The molecule has 10 heteroatoms. The summed E-state index contributed by atoms with van der Waals surface area (Å²) < 4.78 is 26.8. The second kappa shape index (κ2) is 9.36. The average Bonchev–Trinajstić information content (AvgIpc) is 2.59. The molecule has 0 radical (unpaired) electrons. The van der Waals surface area contributed by atoms with Crippen molar-refractivity contribution in [2.24, 2.45) is 5.14 Å². The Morgan fingerprint density at radius 3 is 1.86 bits per heavy atom. The number of phenolic OH excluding ortho intramolecular Hbond substituents is 1. The molecule has 3 rings (SSSR count). The molecule has 28 heavy (non-hydrogen) atoms. The van der Waals surface area contributed by atoms with Gasteiger partial charge in [0.15, 0.2) is 11.5 Å². The summed E-state index contributed by atoms with van der Waals surface area (Å²) in [4.78, 5) is 0.0756. The number of sulfonamides is 1. The molecule has 0 unspecified atom stereocenters. The summed E-state index contributed by atoms with van der Waals surface area (Å²) in [6, 6.07) is 15.1. The zero-order chi connectivity index (χ0) is 20.9. The summed E-state index contributed by atoms with van der Waals surface area (Å²) in [5.74, 6) is 0.635. The van der Waals surface area contributed by atoms with Crippen molar-refractivity contribution in [2.75, 3.05) is 5.73 Å². The van der Waals surface area contributed by atoms with Crippen molar-refractivity contribution in [2.45, 2.75) is 4.90 Å². The highest BCUT2D eigenvalue weighted by molar-refractivity contribution is 7.89. The fourth-order valence-electron chi connectivity index (χ4n) is 1.91. The maximum Gasteiger partial charge on any atom is 0.238 e. The lowest BCUT2D eigenvalue weighted by Crippen LogP contribution is -2.11. The van der Waals surface area contributed by atoms with Crippen molar-refractivity contribution < 1.29 is 18.3 Å². The predicted octanol–water partition coefficient (Wildman–Crippen LogP) is 5.06. The monoisotopic (exact) mass is 460 g/mol. The highest BCUT2D eigenvalue weighted by atomic mass is 35.5. The molecule has 0 heterocycles. The molecule has 0 aliphatic carbocycles. The van der Waals surface area contributed by atoms with Crippen LogP contribution in [0.15, 0.2) is 65.6 Å². The molecule has 0 amide bonds.